The lowest BCUT2D eigenvalue weighted by atomic mass is 9.96. The van der Waals surface area contributed by atoms with Crippen molar-refractivity contribution in [1.82, 2.24) is 26.7 Å². The fraction of sp³-hybridized carbons (Fsp3) is 0.679. The number of rotatable bonds is 15. The van der Waals surface area contributed by atoms with Crippen LogP contribution in [0.5, 0.6) is 0 Å². The number of hydrogen-bond acceptors (Lipinski definition) is 8. The number of carbonyl (C=O) groups is 5. The largest absolute Gasteiger partial charge is 0.463 e. The van der Waals surface area contributed by atoms with Crippen LogP contribution in [0, 0.1) is 17.8 Å². The highest BCUT2D eigenvalue weighted by molar-refractivity contribution is 5.97. The third-order valence-electron chi connectivity index (χ3n) is 6.45. The average Bonchev–Trinajstić information content (AvgIpc) is 3.49. The first-order valence-electron chi connectivity index (χ1n) is 14.1. The summed E-state index contributed by atoms with van der Waals surface area (Å²) in [6.45, 7) is 12.0. The van der Waals surface area contributed by atoms with Crippen LogP contribution in [-0.4, -0.2) is 67.0 Å². The van der Waals surface area contributed by atoms with Crippen molar-refractivity contribution in [3.8, 4) is 0 Å². The van der Waals surface area contributed by atoms with Gasteiger partial charge >= 0.3 is 5.97 Å². The smallest absolute Gasteiger partial charge is 0.330 e. The predicted molar refractivity (Wildman–Crippen MR) is 148 cm³/mol. The molecule has 12 heteroatoms. The first kappa shape index (κ1) is 32.8. The summed E-state index contributed by atoms with van der Waals surface area (Å²) in [5.41, 5.74) is 2.78. The summed E-state index contributed by atoms with van der Waals surface area (Å²) in [6.07, 6.45) is 5.71. The Hall–Kier alpha value is -3.41. The maximum Gasteiger partial charge on any atom is 0.330 e. The number of carbonyl (C=O) groups excluding carboxylic acids is 5. The second-order valence-electron chi connectivity index (χ2n) is 11.1. The zero-order valence-electron chi connectivity index (χ0n) is 24.4. The lowest BCUT2D eigenvalue weighted by Crippen LogP contribution is -2.55. The van der Waals surface area contributed by atoms with Crippen LogP contribution in [0.4, 0.5) is 0 Å². The topological polar surface area (TPSA) is 164 Å². The Morgan fingerprint density at radius 1 is 1.05 bits per heavy atom. The minimum Gasteiger partial charge on any atom is -0.463 e. The van der Waals surface area contributed by atoms with Gasteiger partial charge in [0, 0.05) is 24.6 Å². The van der Waals surface area contributed by atoms with E-state index in [4.69, 9.17) is 9.57 Å². The first-order chi connectivity index (χ1) is 18.9. The average molecular weight is 564 g/mol. The number of ether oxygens (including phenoxy) is 1. The van der Waals surface area contributed by atoms with Crippen LogP contribution < -0.4 is 26.7 Å². The van der Waals surface area contributed by atoms with Crippen molar-refractivity contribution < 1.29 is 33.5 Å². The van der Waals surface area contributed by atoms with Gasteiger partial charge in [0.1, 0.15) is 23.9 Å². The molecule has 1 unspecified atom stereocenters. The summed E-state index contributed by atoms with van der Waals surface area (Å²) in [5.74, 6) is -2.22. The van der Waals surface area contributed by atoms with Gasteiger partial charge in [-0.15, -0.1) is 0 Å². The number of nitrogens with one attached hydrogen (secondary N) is 5. The normalized spacial score (nSPS) is 20.9. The lowest BCUT2D eigenvalue weighted by molar-refractivity contribution is -0.137. The minimum absolute atomic E-state index is 0.0646. The Labute approximate surface area is 236 Å². The number of amides is 4. The molecule has 5 N–H and O–H groups in total. The molecule has 0 radical (unpaired) electrons. The van der Waals surface area contributed by atoms with Gasteiger partial charge in [0.2, 0.25) is 17.7 Å². The molecule has 0 saturated carbocycles. The van der Waals surface area contributed by atoms with Crippen LogP contribution >= 0.6 is 0 Å². The van der Waals surface area contributed by atoms with E-state index in [9.17, 15) is 24.0 Å². The Morgan fingerprint density at radius 3 is 2.20 bits per heavy atom. The Bertz CT molecular complexity index is 978. The van der Waals surface area contributed by atoms with Crippen LogP contribution in [0.1, 0.15) is 67.2 Å². The minimum atomic E-state index is -0.901. The van der Waals surface area contributed by atoms with Gasteiger partial charge in [-0.05, 0) is 57.4 Å². The van der Waals surface area contributed by atoms with Crippen LogP contribution in [0.25, 0.3) is 0 Å². The molecule has 2 rings (SSSR count). The summed E-state index contributed by atoms with van der Waals surface area (Å²) < 4.78 is 4.95. The molecule has 1 saturated heterocycles. The van der Waals surface area contributed by atoms with Gasteiger partial charge < -0.3 is 26.0 Å². The van der Waals surface area contributed by atoms with Crippen LogP contribution in [0.2, 0.25) is 0 Å². The standard InChI is InChI=1S/C28H45N5O7/c1-7-39-24(34)9-8-20(15-19-10-11-29-25(19)35)30-26(36)21(12-16(2)3)31-27(37)22(13-17(4)5)32-28(38)23-14-18(6)40-33-23/h8-9,14,16-22,33H,7,10-13,15H2,1-6H3,(H,29,35)(H,30,36)(H,31,37)(H,32,38)/t18?,19-,20+,21-,22-/m0/s1. The molecule has 2 aliphatic rings. The van der Waals surface area contributed by atoms with E-state index in [0.717, 1.165) is 0 Å². The molecule has 12 nitrogen and oxygen atoms in total. The Kier molecular flexibility index (Phi) is 13.1. The lowest BCUT2D eigenvalue weighted by Gasteiger charge is -2.27. The summed E-state index contributed by atoms with van der Waals surface area (Å²) in [5, 5.41) is 11.2. The van der Waals surface area contributed by atoms with Gasteiger partial charge in [-0.2, -0.15) is 0 Å². The fourth-order valence-corrected chi connectivity index (χ4v) is 4.53. The predicted octanol–water partition coefficient (Wildman–Crippen LogP) is 0.986. The highest BCUT2D eigenvalue weighted by atomic mass is 16.7. The summed E-state index contributed by atoms with van der Waals surface area (Å²) >= 11 is 0. The van der Waals surface area contributed by atoms with Crippen molar-refractivity contribution in [3.63, 3.8) is 0 Å². The van der Waals surface area contributed by atoms with Gasteiger partial charge in [-0.25, -0.2) is 4.79 Å². The first-order valence-corrected chi connectivity index (χ1v) is 14.1. The third-order valence-corrected chi connectivity index (χ3v) is 6.45. The molecule has 0 aromatic rings. The van der Waals surface area contributed by atoms with E-state index < -0.39 is 41.8 Å². The number of esters is 1. The van der Waals surface area contributed by atoms with Crippen molar-refractivity contribution in [3.05, 3.63) is 23.9 Å². The maximum absolute atomic E-state index is 13.5. The highest BCUT2D eigenvalue weighted by Gasteiger charge is 2.32. The molecule has 2 heterocycles. The fourth-order valence-electron chi connectivity index (χ4n) is 4.53. The zero-order chi connectivity index (χ0) is 29.8. The molecule has 5 atom stereocenters. The van der Waals surface area contributed by atoms with E-state index >= 15 is 0 Å². The molecule has 0 bridgehead atoms. The molecule has 0 spiro atoms. The highest BCUT2D eigenvalue weighted by Crippen LogP contribution is 2.18. The maximum atomic E-state index is 13.5. The third kappa shape index (κ3) is 11.0. The van der Waals surface area contributed by atoms with Gasteiger partial charge in [-0.1, -0.05) is 33.8 Å². The van der Waals surface area contributed by atoms with Crippen molar-refractivity contribution in [2.45, 2.75) is 91.5 Å². The van der Waals surface area contributed by atoms with E-state index in [1.54, 1.807) is 19.9 Å². The van der Waals surface area contributed by atoms with Crippen molar-refractivity contribution in [2.24, 2.45) is 17.8 Å². The van der Waals surface area contributed by atoms with Crippen LogP contribution in [-0.2, 0) is 33.5 Å². The van der Waals surface area contributed by atoms with Gasteiger partial charge in [-0.3, -0.25) is 29.5 Å². The van der Waals surface area contributed by atoms with Crippen molar-refractivity contribution in [2.75, 3.05) is 13.2 Å². The number of hydroxylamine groups is 1. The van der Waals surface area contributed by atoms with Crippen LogP contribution in [0.3, 0.4) is 0 Å². The van der Waals surface area contributed by atoms with Gasteiger partial charge in [0.05, 0.1) is 6.61 Å². The van der Waals surface area contributed by atoms with E-state index in [1.807, 2.05) is 27.7 Å². The zero-order valence-corrected chi connectivity index (χ0v) is 24.4. The van der Waals surface area contributed by atoms with E-state index in [-0.39, 0.29) is 42.1 Å². The second kappa shape index (κ2) is 16.0. The molecular formula is C28H45N5O7. The summed E-state index contributed by atoms with van der Waals surface area (Å²) in [4.78, 5) is 68.8. The molecule has 40 heavy (non-hydrogen) atoms. The summed E-state index contributed by atoms with van der Waals surface area (Å²) in [6, 6.07) is -2.41. The van der Waals surface area contributed by atoms with Crippen molar-refractivity contribution in [1.29, 1.82) is 0 Å². The van der Waals surface area contributed by atoms with Gasteiger partial charge in [0.15, 0.2) is 0 Å². The second-order valence-corrected chi connectivity index (χ2v) is 11.1. The molecule has 0 aromatic heterocycles. The molecule has 0 aromatic carbocycles. The molecule has 224 valence electrons. The summed E-state index contributed by atoms with van der Waals surface area (Å²) in [7, 11) is 0. The number of hydrogen-bond donors (Lipinski definition) is 5. The van der Waals surface area contributed by atoms with Crippen molar-refractivity contribution >= 4 is 29.6 Å². The molecular weight excluding hydrogens is 518 g/mol. The van der Waals surface area contributed by atoms with E-state index in [0.29, 0.717) is 32.2 Å². The van der Waals surface area contributed by atoms with Crippen LogP contribution in [0.15, 0.2) is 23.9 Å². The Balaban J connectivity index is 2.17. The molecule has 2 aliphatic heterocycles. The molecule has 4 amide bonds. The SMILES string of the molecule is CCOC(=O)C=C[C@H](C[C@@H]1CCNC1=O)NC(=O)[C@H](CC(C)C)NC(=O)[C@H](CC(C)C)NC(=O)C1=CC(C)ON1. The van der Waals surface area contributed by atoms with Gasteiger partial charge in [0.25, 0.3) is 5.91 Å². The van der Waals surface area contributed by atoms with E-state index in [2.05, 4.69) is 26.7 Å². The molecule has 0 aliphatic carbocycles. The Morgan fingerprint density at radius 2 is 1.68 bits per heavy atom. The van der Waals surface area contributed by atoms with E-state index in [1.165, 1.54) is 12.2 Å². The quantitative estimate of drug-likeness (QED) is 0.145. The monoisotopic (exact) mass is 563 g/mol. The molecule has 1 fully saturated rings.